The lowest BCUT2D eigenvalue weighted by molar-refractivity contribution is 0.554. The first kappa shape index (κ1) is 22.8. The van der Waals surface area contributed by atoms with Crippen molar-refractivity contribution in [3.63, 3.8) is 0 Å². The molecule has 0 saturated carbocycles. The highest BCUT2D eigenvalue weighted by Crippen LogP contribution is 2.31. The van der Waals surface area contributed by atoms with Crippen molar-refractivity contribution < 1.29 is 0 Å². The van der Waals surface area contributed by atoms with Gasteiger partial charge < -0.3 is 0 Å². The number of aromatic nitrogens is 8. The number of rotatable bonds is 0. The van der Waals surface area contributed by atoms with Gasteiger partial charge in [0.2, 0.25) is 0 Å². The van der Waals surface area contributed by atoms with Gasteiger partial charge in [0.25, 0.3) is 0 Å². The number of hydrogen-bond acceptors (Lipinski definition) is 6. The van der Waals surface area contributed by atoms with Gasteiger partial charge in [0.05, 0.1) is 51.5 Å². The van der Waals surface area contributed by atoms with Crippen LogP contribution in [0.2, 0.25) is 0 Å². The van der Waals surface area contributed by atoms with Crippen molar-refractivity contribution in [2.75, 3.05) is 0 Å². The Hall–Kier alpha value is -2.99. The second kappa shape index (κ2) is 7.51. The smallest absolute Gasteiger partial charge is 0.172 e. The first-order chi connectivity index (χ1) is 15.8. The summed E-state index contributed by atoms with van der Waals surface area (Å²) < 4.78 is 3.89. The van der Waals surface area contributed by atoms with Crippen LogP contribution < -0.4 is 10.9 Å². The van der Waals surface area contributed by atoms with E-state index in [1.54, 1.807) is 24.8 Å². The van der Waals surface area contributed by atoms with Crippen LogP contribution in [-0.2, 0) is 16.2 Å². The third kappa shape index (κ3) is 3.84. The topological polar surface area (TPSA) is 87.2 Å². The van der Waals surface area contributed by atoms with Gasteiger partial charge in [-0.3, -0.25) is 9.97 Å². The second-order valence-electron chi connectivity index (χ2n) is 11.4. The van der Waals surface area contributed by atoms with Gasteiger partial charge in [-0.15, -0.1) is 0 Å². The average Bonchev–Trinajstić information content (AvgIpc) is 3.38. The van der Waals surface area contributed by atoms with Crippen LogP contribution in [0.15, 0.2) is 36.9 Å². The van der Waals surface area contributed by atoms with E-state index in [1.165, 1.54) is 0 Å². The molecule has 9 heteroatoms. The average molecular weight is 475 g/mol. The Kier molecular flexibility index (Phi) is 5.03. The molecule has 1 aliphatic heterocycles. The molecule has 0 atom stereocenters. The van der Waals surface area contributed by atoms with Crippen LogP contribution in [0.4, 0.5) is 0 Å². The molecule has 0 unspecified atom stereocenters. The molecule has 1 aliphatic rings. The van der Waals surface area contributed by atoms with Crippen molar-refractivity contribution in [1.29, 1.82) is 0 Å². The molecule has 4 bridgehead atoms. The van der Waals surface area contributed by atoms with Crippen LogP contribution in [-0.4, -0.2) is 39.5 Å². The number of fused-ring (bicyclic) bond motifs is 8. The summed E-state index contributed by atoms with van der Waals surface area (Å²) in [4.78, 5) is 19.1. The molecular formula is C25H31N8P. The van der Waals surface area contributed by atoms with E-state index in [9.17, 15) is 0 Å². The Morgan fingerprint density at radius 1 is 0.676 bits per heavy atom. The van der Waals surface area contributed by atoms with Crippen LogP contribution >= 0.6 is 8.58 Å². The van der Waals surface area contributed by atoms with E-state index >= 15 is 0 Å². The Balaban J connectivity index is 1.83. The molecule has 0 N–H and O–H groups in total. The quantitative estimate of drug-likeness (QED) is 0.363. The predicted octanol–water partition coefficient (Wildman–Crippen LogP) is 3.50. The van der Waals surface area contributed by atoms with Crippen molar-refractivity contribution in [1.82, 2.24) is 39.5 Å². The normalized spacial score (nSPS) is 15.2. The summed E-state index contributed by atoms with van der Waals surface area (Å²) in [6.07, 6.45) is 7.16. The minimum Gasteiger partial charge on any atom is -0.259 e. The first-order valence-electron chi connectivity index (χ1n) is 11.5. The van der Waals surface area contributed by atoms with E-state index in [-0.39, 0.29) is 10.8 Å². The standard InChI is InChI=1S/C25H31N8P/c1-23(2,3)15-9-21-32(30-15)19-13-26-11-17(28-19)25(7,8)18-12-27-14-20(29-18)33-22(34-21)10-16(31-33)24(4,5)6/h9-14,34H,1-8H3. The SMILES string of the molecule is CC(C)(C)c1cc2n(n1)-c1cncc(n1)C(C)(C)c1cncc(n1)-n1nc(C(C)(C)C)cc1P2. The highest BCUT2D eigenvalue weighted by molar-refractivity contribution is 7.55. The van der Waals surface area contributed by atoms with Crippen molar-refractivity contribution in [3.8, 4) is 11.6 Å². The van der Waals surface area contributed by atoms with Gasteiger partial charge in [-0.25, -0.2) is 19.3 Å². The zero-order valence-corrected chi connectivity index (χ0v) is 22.0. The van der Waals surface area contributed by atoms with Gasteiger partial charge in [-0.2, -0.15) is 10.2 Å². The zero-order chi connectivity index (χ0) is 24.5. The number of nitrogens with zero attached hydrogens (tertiary/aromatic N) is 8. The monoisotopic (exact) mass is 474 g/mol. The Morgan fingerprint density at radius 3 is 1.47 bits per heavy atom. The lowest BCUT2D eigenvalue weighted by Gasteiger charge is -2.24. The number of hydrogen-bond donors (Lipinski definition) is 0. The minimum atomic E-state index is -0.506. The summed E-state index contributed by atoms with van der Waals surface area (Å²) in [5.74, 6) is 1.41. The van der Waals surface area contributed by atoms with Gasteiger partial charge >= 0.3 is 0 Å². The third-order valence-corrected chi connectivity index (χ3v) is 7.39. The summed E-state index contributed by atoms with van der Waals surface area (Å²) in [5.41, 5.74) is 5.06. The van der Waals surface area contributed by atoms with Gasteiger partial charge in [0.15, 0.2) is 11.6 Å². The largest absolute Gasteiger partial charge is 0.259 e. The lowest BCUT2D eigenvalue weighted by Crippen LogP contribution is -2.27. The molecule has 0 fully saturated rings. The van der Waals surface area contributed by atoms with Gasteiger partial charge in [0, 0.05) is 23.2 Å². The first-order valence-corrected chi connectivity index (χ1v) is 12.5. The molecule has 34 heavy (non-hydrogen) atoms. The molecule has 0 radical (unpaired) electrons. The van der Waals surface area contributed by atoms with Crippen LogP contribution in [0.3, 0.4) is 0 Å². The van der Waals surface area contributed by atoms with E-state index in [2.05, 4.69) is 77.5 Å². The van der Waals surface area contributed by atoms with Gasteiger partial charge in [-0.05, 0) is 34.6 Å². The molecule has 0 spiro atoms. The molecule has 0 amide bonds. The fourth-order valence-electron chi connectivity index (χ4n) is 3.80. The minimum absolute atomic E-state index is 0.0995. The van der Waals surface area contributed by atoms with Crippen LogP contribution in [0.1, 0.15) is 78.2 Å². The van der Waals surface area contributed by atoms with E-state index in [0.717, 1.165) is 33.6 Å². The molecular weight excluding hydrogens is 443 g/mol. The molecule has 4 aromatic heterocycles. The highest BCUT2D eigenvalue weighted by atomic mass is 31.1. The summed E-state index contributed by atoms with van der Waals surface area (Å²) in [7, 11) is 0.293. The molecule has 5 rings (SSSR count). The predicted molar refractivity (Wildman–Crippen MR) is 135 cm³/mol. The second-order valence-corrected chi connectivity index (χ2v) is 12.7. The van der Waals surface area contributed by atoms with Crippen molar-refractivity contribution in [2.24, 2.45) is 0 Å². The van der Waals surface area contributed by atoms with Crippen molar-refractivity contribution in [2.45, 2.75) is 71.6 Å². The maximum Gasteiger partial charge on any atom is 0.172 e. The molecule has 0 saturated heterocycles. The maximum absolute atomic E-state index is 5.00. The molecule has 0 aliphatic carbocycles. The van der Waals surface area contributed by atoms with Crippen LogP contribution in [0.25, 0.3) is 11.6 Å². The van der Waals surface area contributed by atoms with Crippen LogP contribution in [0.5, 0.6) is 0 Å². The fraction of sp³-hybridized carbons (Fsp3) is 0.440. The fourth-order valence-corrected chi connectivity index (χ4v) is 5.02. The zero-order valence-electron chi connectivity index (χ0n) is 21.0. The van der Waals surface area contributed by atoms with E-state index in [1.807, 2.05) is 9.36 Å². The molecule has 8 nitrogen and oxygen atoms in total. The molecule has 176 valence electrons. The lowest BCUT2D eigenvalue weighted by atomic mass is 9.86. The third-order valence-electron chi connectivity index (χ3n) is 6.17. The van der Waals surface area contributed by atoms with E-state index < -0.39 is 5.41 Å². The summed E-state index contributed by atoms with van der Waals surface area (Å²) in [5, 5.41) is 9.99. The van der Waals surface area contributed by atoms with E-state index in [4.69, 9.17) is 20.2 Å². The molecule has 0 aromatic carbocycles. The van der Waals surface area contributed by atoms with Crippen molar-refractivity contribution in [3.05, 3.63) is 59.7 Å². The summed E-state index contributed by atoms with van der Waals surface area (Å²) in [6, 6.07) is 4.36. The van der Waals surface area contributed by atoms with E-state index in [0.29, 0.717) is 20.2 Å². The van der Waals surface area contributed by atoms with Crippen LogP contribution in [0, 0.1) is 0 Å². The summed E-state index contributed by atoms with van der Waals surface area (Å²) in [6.45, 7) is 17.2. The van der Waals surface area contributed by atoms with Gasteiger partial charge in [-0.1, -0.05) is 41.5 Å². The Labute approximate surface area is 202 Å². The molecule has 5 heterocycles. The Morgan fingerprint density at radius 2 is 1.09 bits per heavy atom. The van der Waals surface area contributed by atoms with Gasteiger partial charge in [0.1, 0.15) is 0 Å². The van der Waals surface area contributed by atoms with Crippen molar-refractivity contribution >= 4 is 19.5 Å². The summed E-state index contributed by atoms with van der Waals surface area (Å²) >= 11 is 0. The maximum atomic E-state index is 5.00. The molecule has 4 aromatic rings. The highest BCUT2D eigenvalue weighted by Gasteiger charge is 2.31. The Bertz CT molecular complexity index is 1280.